The number of hydrogen-bond donors (Lipinski definition) is 0. The number of halogens is 3. The van der Waals surface area contributed by atoms with Gasteiger partial charge in [-0.25, -0.2) is 0 Å². The molecule has 0 amide bonds. The lowest BCUT2D eigenvalue weighted by Gasteiger charge is -2.11. The van der Waals surface area contributed by atoms with Crippen molar-refractivity contribution in [3.05, 3.63) is 46.2 Å². The van der Waals surface area contributed by atoms with E-state index in [1.807, 2.05) is 0 Å². The van der Waals surface area contributed by atoms with Gasteiger partial charge < -0.3 is 4.74 Å². The molecule has 18 heavy (non-hydrogen) atoms. The molecular weight excluding hydrogens is 251 g/mol. The maximum Gasteiger partial charge on any atom is 0.419 e. The van der Waals surface area contributed by atoms with Gasteiger partial charge in [0.2, 0.25) is 0 Å². The number of nitrogens with zero attached hydrogens (tertiary/aromatic N) is 1. The Labute approximate surface area is 101 Å². The van der Waals surface area contributed by atoms with Crippen LogP contribution < -0.4 is 0 Å². The van der Waals surface area contributed by atoms with Crippen LogP contribution in [0.25, 0.3) is 5.57 Å². The Hall–Kier alpha value is -2.05. The minimum Gasteiger partial charge on any atom is -0.501 e. The molecule has 0 aromatic heterocycles. The van der Waals surface area contributed by atoms with Gasteiger partial charge in [-0.15, -0.1) is 0 Å². The largest absolute Gasteiger partial charge is 0.501 e. The highest BCUT2D eigenvalue weighted by Gasteiger charge is 2.35. The molecule has 4 nitrogen and oxygen atoms in total. The maximum absolute atomic E-state index is 12.7. The van der Waals surface area contributed by atoms with Crippen LogP contribution in [0.4, 0.5) is 18.9 Å². The molecule has 0 radical (unpaired) electrons. The lowest BCUT2D eigenvalue weighted by molar-refractivity contribution is -0.384. The second-order valence-electron chi connectivity index (χ2n) is 3.29. The van der Waals surface area contributed by atoms with E-state index in [0.29, 0.717) is 6.26 Å². The van der Waals surface area contributed by atoms with Crippen molar-refractivity contribution in [2.24, 2.45) is 0 Å². The van der Waals surface area contributed by atoms with Crippen LogP contribution in [-0.4, -0.2) is 17.7 Å². The highest BCUT2D eigenvalue weighted by atomic mass is 19.4. The number of alkyl halides is 3. The lowest BCUT2D eigenvalue weighted by atomic mass is 10.1. The van der Waals surface area contributed by atoms with Gasteiger partial charge in [-0.3, -0.25) is 10.1 Å². The van der Waals surface area contributed by atoms with Crippen molar-refractivity contribution in [2.75, 3.05) is 6.61 Å². The average Bonchev–Trinajstić information content (AvgIpc) is 2.28. The third kappa shape index (κ3) is 3.47. The molecule has 0 bridgehead atoms. The smallest absolute Gasteiger partial charge is 0.419 e. The van der Waals surface area contributed by atoms with Crippen LogP contribution in [0.15, 0.2) is 30.5 Å². The third-order valence-electron chi connectivity index (χ3n) is 2.06. The van der Waals surface area contributed by atoms with Crippen LogP contribution in [0.5, 0.6) is 0 Å². The van der Waals surface area contributed by atoms with Gasteiger partial charge >= 0.3 is 6.18 Å². The van der Waals surface area contributed by atoms with Crippen molar-refractivity contribution in [2.45, 2.75) is 13.1 Å². The predicted molar refractivity (Wildman–Crippen MR) is 58.8 cm³/mol. The molecule has 0 aliphatic rings. The molecule has 0 atom stereocenters. The topological polar surface area (TPSA) is 52.4 Å². The fourth-order valence-electron chi connectivity index (χ4n) is 1.23. The Morgan fingerprint density at radius 2 is 1.94 bits per heavy atom. The Balaban J connectivity index is 3.11. The molecule has 98 valence electrons. The fraction of sp³-hybridized carbons (Fsp3) is 0.273. The van der Waals surface area contributed by atoms with E-state index in [1.54, 1.807) is 6.92 Å². The van der Waals surface area contributed by atoms with E-state index in [4.69, 9.17) is 0 Å². The van der Waals surface area contributed by atoms with Gasteiger partial charge in [0.15, 0.2) is 0 Å². The van der Waals surface area contributed by atoms with Crippen LogP contribution >= 0.6 is 0 Å². The Bertz CT molecular complexity index is 452. The zero-order valence-electron chi connectivity index (χ0n) is 9.40. The van der Waals surface area contributed by atoms with E-state index < -0.39 is 16.7 Å². The van der Waals surface area contributed by atoms with Gasteiger partial charge in [-0.1, -0.05) is 0 Å². The van der Waals surface area contributed by atoms with Gasteiger partial charge in [0.25, 0.3) is 5.69 Å². The first-order valence-electron chi connectivity index (χ1n) is 5.00. The van der Waals surface area contributed by atoms with Crippen LogP contribution in [-0.2, 0) is 4.74 Å². The van der Waals surface area contributed by atoms with Crippen molar-refractivity contribution in [1.29, 1.82) is 0 Å². The number of ether oxygens (including phenoxy) is 1. The summed E-state index contributed by atoms with van der Waals surface area (Å²) in [5.41, 5.74) is -1.42. The predicted octanol–water partition coefficient (Wildman–Crippen LogP) is 3.53. The molecule has 0 aliphatic carbocycles. The molecule has 0 spiro atoms. The first-order valence-corrected chi connectivity index (χ1v) is 5.00. The standard InChI is InChI=1S/C11H10F3NO3/c1-2-18-7-10(11(12,13)14)8-3-5-9(6-4-8)15(16)17/h3-7H,2H2,1H3/b10-7-. The lowest BCUT2D eigenvalue weighted by Crippen LogP contribution is -2.11. The monoisotopic (exact) mass is 261 g/mol. The second-order valence-corrected chi connectivity index (χ2v) is 3.29. The summed E-state index contributed by atoms with van der Waals surface area (Å²) in [5, 5.41) is 10.4. The van der Waals surface area contributed by atoms with Crippen LogP contribution in [0.2, 0.25) is 0 Å². The first kappa shape index (κ1) is 14.0. The Morgan fingerprint density at radius 1 is 1.39 bits per heavy atom. The zero-order valence-corrected chi connectivity index (χ0v) is 9.40. The third-order valence-corrected chi connectivity index (χ3v) is 2.06. The molecule has 0 saturated carbocycles. The average molecular weight is 261 g/mol. The SMILES string of the molecule is CCO/C=C(/c1ccc([N+](=O)[O-])cc1)C(F)(F)F. The molecule has 0 unspecified atom stereocenters. The van der Waals surface area contributed by atoms with Gasteiger partial charge in [0.05, 0.1) is 23.4 Å². The van der Waals surface area contributed by atoms with Crippen molar-refractivity contribution in [3.8, 4) is 0 Å². The number of rotatable bonds is 4. The summed E-state index contributed by atoms with van der Waals surface area (Å²) in [6, 6.07) is 4.11. The normalized spacial score (nSPS) is 12.3. The van der Waals surface area contributed by atoms with E-state index in [2.05, 4.69) is 4.74 Å². The molecule has 0 saturated heterocycles. The summed E-state index contributed by atoms with van der Waals surface area (Å²) in [4.78, 5) is 9.72. The quantitative estimate of drug-likeness (QED) is 0.473. The first-order chi connectivity index (χ1) is 8.36. The molecule has 7 heteroatoms. The number of allylic oxidation sites excluding steroid dienone is 1. The Morgan fingerprint density at radius 3 is 2.33 bits per heavy atom. The number of benzene rings is 1. The van der Waals surface area contributed by atoms with Crippen LogP contribution in [0.1, 0.15) is 12.5 Å². The highest BCUT2D eigenvalue weighted by molar-refractivity contribution is 5.69. The molecule has 0 fully saturated rings. The van der Waals surface area contributed by atoms with Crippen molar-refractivity contribution >= 4 is 11.3 Å². The van der Waals surface area contributed by atoms with Crippen LogP contribution in [0, 0.1) is 10.1 Å². The zero-order chi connectivity index (χ0) is 13.8. The van der Waals surface area contributed by atoms with Crippen LogP contribution in [0.3, 0.4) is 0 Å². The molecular formula is C11H10F3NO3. The summed E-state index contributed by atoms with van der Waals surface area (Å²) in [5.74, 6) is 0. The van der Waals surface area contributed by atoms with E-state index in [-0.39, 0.29) is 17.9 Å². The minimum absolute atomic E-state index is 0.104. The maximum atomic E-state index is 12.7. The van der Waals surface area contributed by atoms with E-state index in [0.717, 1.165) is 24.3 Å². The Kier molecular flexibility index (Phi) is 4.30. The summed E-state index contributed by atoms with van der Waals surface area (Å²) in [6.07, 6.45) is -3.97. The molecule has 0 N–H and O–H groups in total. The van der Waals surface area contributed by atoms with Crippen molar-refractivity contribution in [1.82, 2.24) is 0 Å². The van der Waals surface area contributed by atoms with E-state index in [9.17, 15) is 23.3 Å². The van der Waals surface area contributed by atoms with E-state index >= 15 is 0 Å². The fourth-order valence-corrected chi connectivity index (χ4v) is 1.23. The summed E-state index contributed by atoms with van der Waals surface area (Å²) in [6.45, 7) is 1.66. The summed E-state index contributed by atoms with van der Waals surface area (Å²) >= 11 is 0. The number of nitro groups is 1. The van der Waals surface area contributed by atoms with Crippen molar-refractivity contribution < 1.29 is 22.8 Å². The minimum atomic E-state index is -4.58. The molecule has 1 aromatic rings. The van der Waals surface area contributed by atoms with Gasteiger partial charge in [0, 0.05) is 12.1 Å². The molecule has 1 aromatic carbocycles. The summed E-state index contributed by atoms with van der Waals surface area (Å²) in [7, 11) is 0. The molecule has 1 rings (SSSR count). The van der Waals surface area contributed by atoms with Gasteiger partial charge in [-0.05, 0) is 24.6 Å². The number of non-ortho nitro benzene ring substituents is 1. The highest BCUT2D eigenvalue weighted by Crippen LogP contribution is 2.34. The van der Waals surface area contributed by atoms with Gasteiger partial charge in [0.1, 0.15) is 0 Å². The molecule has 0 heterocycles. The van der Waals surface area contributed by atoms with E-state index in [1.165, 1.54) is 0 Å². The summed E-state index contributed by atoms with van der Waals surface area (Å²) < 4.78 is 42.8. The number of nitro benzene ring substituents is 1. The number of hydrogen-bond acceptors (Lipinski definition) is 3. The molecule has 0 aliphatic heterocycles. The second kappa shape index (κ2) is 5.52. The van der Waals surface area contributed by atoms with Crippen molar-refractivity contribution in [3.63, 3.8) is 0 Å². The van der Waals surface area contributed by atoms with Gasteiger partial charge in [-0.2, -0.15) is 13.2 Å².